The molecule has 0 spiro atoms. The maximum atomic E-state index is 14.2. The molecule has 1 aliphatic rings. The lowest BCUT2D eigenvalue weighted by Gasteiger charge is -2.32. The molecule has 0 unspecified atom stereocenters. The number of nitrogens with two attached hydrogens (primary N) is 2. The van der Waals surface area contributed by atoms with Crippen LogP contribution in [0.3, 0.4) is 0 Å². The van der Waals surface area contributed by atoms with Gasteiger partial charge in [0, 0.05) is 12.6 Å². The highest BCUT2D eigenvalue weighted by atomic mass is 35.5. The van der Waals surface area contributed by atoms with Crippen LogP contribution in [-0.2, 0) is 0 Å². The minimum Gasteiger partial charge on any atom is -0.489 e. The van der Waals surface area contributed by atoms with E-state index in [0.717, 1.165) is 0 Å². The summed E-state index contributed by atoms with van der Waals surface area (Å²) in [4.78, 5) is 1.63. The zero-order valence-electron chi connectivity index (χ0n) is 10.5. The van der Waals surface area contributed by atoms with E-state index in [0.29, 0.717) is 24.6 Å². The number of nitrogens with zero attached hydrogens (tertiary/aromatic N) is 2. The summed E-state index contributed by atoms with van der Waals surface area (Å²) < 4.78 is 32.3. The van der Waals surface area contributed by atoms with Crippen LogP contribution in [0.15, 0.2) is 11.2 Å². The van der Waals surface area contributed by atoms with Crippen molar-refractivity contribution in [3.63, 3.8) is 0 Å². The smallest absolute Gasteiger partial charge is 0.157 e. The number of hydrogen-bond acceptors (Lipinski definition) is 5. The average Bonchev–Trinajstić information content (AvgIpc) is 2.41. The van der Waals surface area contributed by atoms with Crippen molar-refractivity contribution in [2.75, 3.05) is 31.3 Å². The zero-order valence-corrected chi connectivity index (χ0v) is 11.3. The summed E-state index contributed by atoms with van der Waals surface area (Å²) >= 11 is 5.81. The van der Waals surface area contributed by atoms with Gasteiger partial charge in [-0.2, -0.15) is 0 Å². The van der Waals surface area contributed by atoms with E-state index in [1.54, 1.807) is 4.90 Å². The van der Waals surface area contributed by atoms with E-state index in [2.05, 4.69) is 5.10 Å². The Morgan fingerprint density at radius 3 is 3.00 bits per heavy atom. The standard InChI is InChI=1S/C11H14ClF2N5O/c12-6-5-7-10(19(2-1-13)3-4-20-7)8(9(6)14)11(15)17-18-16/h5,18H,1-4,16H2,(H2,15,17). The van der Waals surface area contributed by atoms with E-state index in [9.17, 15) is 8.78 Å². The fraction of sp³-hybridized carbons (Fsp3) is 0.364. The number of alkyl halides is 1. The molecule has 20 heavy (non-hydrogen) atoms. The molecule has 0 saturated carbocycles. The Balaban J connectivity index is 2.64. The highest BCUT2D eigenvalue weighted by molar-refractivity contribution is 6.31. The lowest BCUT2D eigenvalue weighted by molar-refractivity contribution is 0.303. The van der Waals surface area contributed by atoms with Gasteiger partial charge in [-0.25, -0.2) is 20.2 Å². The highest BCUT2D eigenvalue weighted by Crippen LogP contribution is 2.39. The molecule has 0 aliphatic carbocycles. The molecule has 0 saturated heterocycles. The Morgan fingerprint density at radius 1 is 1.60 bits per heavy atom. The Hall–Kier alpha value is -1.80. The van der Waals surface area contributed by atoms with Gasteiger partial charge in [0.1, 0.15) is 19.0 Å². The molecule has 9 heteroatoms. The second-order valence-corrected chi connectivity index (χ2v) is 4.45. The van der Waals surface area contributed by atoms with Gasteiger partial charge >= 0.3 is 0 Å². The SMILES string of the molecule is NN/N=C(\N)c1c(F)c(Cl)cc2c1N(CCF)CCO2. The van der Waals surface area contributed by atoms with Crippen molar-refractivity contribution in [3.8, 4) is 5.75 Å². The molecule has 0 bridgehead atoms. The number of amidine groups is 1. The van der Waals surface area contributed by atoms with Gasteiger partial charge in [-0.1, -0.05) is 11.6 Å². The van der Waals surface area contributed by atoms with Crippen LogP contribution in [0.2, 0.25) is 5.02 Å². The van der Waals surface area contributed by atoms with Gasteiger partial charge in [-0.15, -0.1) is 5.10 Å². The van der Waals surface area contributed by atoms with E-state index in [4.69, 9.17) is 27.9 Å². The molecule has 1 aromatic rings. The summed E-state index contributed by atoms with van der Waals surface area (Å²) in [5.74, 6) is 4.43. The Bertz CT molecular complexity index is 540. The minimum atomic E-state index is -0.753. The zero-order chi connectivity index (χ0) is 14.7. The Labute approximate surface area is 119 Å². The van der Waals surface area contributed by atoms with Crippen LogP contribution in [0.4, 0.5) is 14.5 Å². The average molecular weight is 306 g/mol. The van der Waals surface area contributed by atoms with Crippen LogP contribution in [0.25, 0.3) is 0 Å². The minimum absolute atomic E-state index is 0.0569. The molecule has 2 rings (SSSR count). The third kappa shape index (κ3) is 2.56. The molecule has 0 fully saturated rings. The second kappa shape index (κ2) is 6.10. The van der Waals surface area contributed by atoms with E-state index < -0.39 is 12.5 Å². The number of halogens is 3. The van der Waals surface area contributed by atoms with Gasteiger partial charge in [-0.05, 0) is 0 Å². The van der Waals surface area contributed by atoms with E-state index >= 15 is 0 Å². The molecular formula is C11H14ClF2N5O. The van der Waals surface area contributed by atoms with Crippen molar-refractivity contribution in [2.45, 2.75) is 0 Å². The number of hydrazone groups is 1. The quantitative estimate of drug-likeness (QED) is 0.330. The van der Waals surface area contributed by atoms with Crippen LogP contribution in [0.5, 0.6) is 5.75 Å². The van der Waals surface area contributed by atoms with E-state index in [-0.39, 0.29) is 23.0 Å². The molecule has 110 valence electrons. The summed E-state index contributed by atoms with van der Waals surface area (Å²) in [5, 5.41) is 3.39. The van der Waals surface area contributed by atoms with E-state index in [1.807, 2.05) is 5.53 Å². The number of benzene rings is 1. The monoisotopic (exact) mass is 305 g/mol. The van der Waals surface area contributed by atoms with Crippen molar-refractivity contribution in [2.24, 2.45) is 16.7 Å². The Morgan fingerprint density at radius 2 is 2.35 bits per heavy atom. The predicted molar refractivity (Wildman–Crippen MR) is 73.1 cm³/mol. The molecule has 0 radical (unpaired) electrons. The van der Waals surface area contributed by atoms with Gasteiger partial charge in [0.15, 0.2) is 11.7 Å². The van der Waals surface area contributed by atoms with Crippen LogP contribution < -0.4 is 26.7 Å². The highest BCUT2D eigenvalue weighted by Gasteiger charge is 2.28. The van der Waals surface area contributed by atoms with Crippen molar-refractivity contribution >= 4 is 23.1 Å². The summed E-state index contributed by atoms with van der Waals surface area (Å²) in [6, 6.07) is 1.34. The third-order valence-electron chi connectivity index (χ3n) is 2.89. The summed E-state index contributed by atoms with van der Waals surface area (Å²) in [6.45, 7) is 0.262. The van der Waals surface area contributed by atoms with Gasteiger partial charge in [-0.3, -0.25) is 0 Å². The second-order valence-electron chi connectivity index (χ2n) is 4.04. The first-order chi connectivity index (χ1) is 9.60. The number of ether oxygens (including phenoxy) is 1. The molecular weight excluding hydrogens is 292 g/mol. The molecule has 0 atom stereocenters. The lowest BCUT2D eigenvalue weighted by atomic mass is 10.1. The number of rotatable bonds is 4. The van der Waals surface area contributed by atoms with Crippen LogP contribution >= 0.6 is 11.6 Å². The molecule has 0 aromatic heterocycles. The van der Waals surface area contributed by atoms with Crippen molar-refractivity contribution in [3.05, 3.63) is 22.5 Å². The molecule has 1 aromatic carbocycles. The molecule has 1 aliphatic heterocycles. The molecule has 5 N–H and O–H groups in total. The summed E-state index contributed by atoms with van der Waals surface area (Å²) in [5.41, 5.74) is 7.95. The first-order valence-corrected chi connectivity index (χ1v) is 6.22. The molecule has 6 nitrogen and oxygen atoms in total. The summed E-state index contributed by atoms with van der Waals surface area (Å²) in [6.07, 6.45) is 0. The van der Waals surface area contributed by atoms with Crippen LogP contribution in [0, 0.1) is 5.82 Å². The first kappa shape index (κ1) is 14.6. The fourth-order valence-corrected chi connectivity index (χ4v) is 2.27. The number of nitrogens with one attached hydrogen (secondary N) is 1. The maximum Gasteiger partial charge on any atom is 0.157 e. The van der Waals surface area contributed by atoms with Gasteiger partial charge in [0.05, 0.1) is 22.8 Å². The Kier molecular flexibility index (Phi) is 4.46. The number of hydrazine groups is 1. The number of anilines is 1. The predicted octanol–water partition coefficient (Wildman–Crippen LogP) is 0.731. The van der Waals surface area contributed by atoms with Gasteiger partial charge in [0.2, 0.25) is 0 Å². The largest absolute Gasteiger partial charge is 0.489 e. The fourth-order valence-electron chi connectivity index (χ4n) is 2.08. The third-order valence-corrected chi connectivity index (χ3v) is 3.16. The van der Waals surface area contributed by atoms with Crippen molar-refractivity contribution in [1.82, 2.24) is 5.53 Å². The normalized spacial score (nSPS) is 14.8. The van der Waals surface area contributed by atoms with Gasteiger partial charge in [0.25, 0.3) is 0 Å². The number of fused-ring (bicyclic) bond motifs is 1. The summed E-state index contributed by atoms with van der Waals surface area (Å²) in [7, 11) is 0. The van der Waals surface area contributed by atoms with Crippen LogP contribution in [-0.4, -0.2) is 32.2 Å². The lowest BCUT2D eigenvalue weighted by Crippen LogP contribution is -2.37. The molecule has 1 heterocycles. The first-order valence-electron chi connectivity index (χ1n) is 5.85. The topological polar surface area (TPSA) is 88.9 Å². The van der Waals surface area contributed by atoms with Crippen molar-refractivity contribution in [1.29, 1.82) is 0 Å². The van der Waals surface area contributed by atoms with E-state index in [1.165, 1.54) is 6.07 Å². The maximum absolute atomic E-state index is 14.2. The van der Waals surface area contributed by atoms with Crippen molar-refractivity contribution < 1.29 is 13.5 Å². The number of hydrogen-bond donors (Lipinski definition) is 3. The van der Waals surface area contributed by atoms with Crippen LogP contribution in [0.1, 0.15) is 5.56 Å². The molecule has 0 amide bonds. The van der Waals surface area contributed by atoms with Gasteiger partial charge < -0.3 is 15.4 Å².